The van der Waals surface area contributed by atoms with E-state index in [2.05, 4.69) is 4.98 Å². The van der Waals surface area contributed by atoms with Gasteiger partial charge in [0.15, 0.2) is 0 Å². The zero-order valence-electron chi connectivity index (χ0n) is 11.9. The van der Waals surface area contributed by atoms with Gasteiger partial charge in [0, 0.05) is 19.4 Å². The molecule has 4 heteroatoms. The minimum absolute atomic E-state index is 0.0678. The minimum atomic E-state index is -0.0800. The molecule has 0 bridgehead atoms. The highest BCUT2D eigenvalue weighted by atomic mass is 16.3. The Morgan fingerprint density at radius 3 is 2.50 bits per heavy atom. The molecule has 0 radical (unpaired) electrons. The lowest BCUT2D eigenvalue weighted by molar-refractivity contribution is 0.0742. The van der Waals surface area contributed by atoms with Crippen molar-refractivity contribution in [3.63, 3.8) is 0 Å². The van der Waals surface area contributed by atoms with Gasteiger partial charge in [0.05, 0.1) is 11.6 Å². The molecule has 0 saturated carbocycles. The third kappa shape index (κ3) is 2.96. The fraction of sp³-hybridized carbons (Fsp3) is 0.250. The normalized spacial score (nSPS) is 11.9. The molecule has 1 N–H and O–H groups in total. The molecular formula is C16H18N2O2. The lowest BCUT2D eigenvalue weighted by Crippen LogP contribution is -2.29. The first-order valence-electron chi connectivity index (χ1n) is 6.47. The largest absolute Gasteiger partial charge is 0.508 e. The number of aryl methyl sites for hydroxylation is 1. The maximum Gasteiger partial charge on any atom is 0.255 e. The van der Waals surface area contributed by atoms with Crippen LogP contribution < -0.4 is 0 Å². The Morgan fingerprint density at radius 1 is 1.25 bits per heavy atom. The van der Waals surface area contributed by atoms with Crippen molar-refractivity contribution in [3.8, 4) is 5.75 Å². The first kappa shape index (κ1) is 14.1. The lowest BCUT2D eigenvalue weighted by atomic mass is 10.1. The van der Waals surface area contributed by atoms with Gasteiger partial charge in [-0.05, 0) is 43.2 Å². The van der Waals surface area contributed by atoms with Gasteiger partial charge in [0.1, 0.15) is 5.75 Å². The number of carbonyl (C=O) groups excluding carboxylic acids is 1. The van der Waals surface area contributed by atoms with E-state index in [1.807, 2.05) is 32.0 Å². The number of hydrogen-bond donors (Lipinski definition) is 1. The van der Waals surface area contributed by atoms with Crippen LogP contribution in [0.3, 0.4) is 0 Å². The molecule has 0 aliphatic heterocycles. The summed E-state index contributed by atoms with van der Waals surface area (Å²) in [5.41, 5.74) is 2.51. The number of hydrogen-bond acceptors (Lipinski definition) is 3. The number of amides is 1. The van der Waals surface area contributed by atoms with Crippen LogP contribution >= 0.6 is 0 Å². The number of benzene rings is 1. The molecule has 20 heavy (non-hydrogen) atoms. The average molecular weight is 270 g/mol. The second-order valence-electron chi connectivity index (χ2n) is 4.93. The maximum absolute atomic E-state index is 12.4. The van der Waals surface area contributed by atoms with E-state index in [4.69, 9.17) is 0 Å². The fourth-order valence-electron chi connectivity index (χ4n) is 2.03. The summed E-state index contributed by atoms with van der Waals surface area (Å²) in [6, 6.07) is 8.63. The van der Waals surface area contributed by atoms with Crippen LogP contribution in [0.4, 0.5) is 0 Å². The van der Waals surface area contributed by atoms with Crippen molar-refractivity contribution >= 4 is 5.91 Å². The number of carbonyl (C=O) groups is 1. The van der Waals surface area contributed by atoms with Gasteiger partial charge < -0.3 is 10.0 Å². The fourth-order valence-corrected chi connectivity index (χ4v) is 2.03. The molecule has 1 aromatic heterocycles. The van der Waals surface area contributed by atoms with E-state index in [0.29, 0.717) is 5.56 Å². The van der Waals surface area contributed by atoms with Crippen LogP contribution in [0, 0.1) is 6.92 Å². The number of aromatic nitrogens is 1. The summed E-state index contributed by atoms with van der Waals surface area (Å²) in [4.78, 5) is 18.1. The third-order valence-electron chi connectivity index (χ3n) is 3.40. The molecule has 0 aliphatic carbocycles. The van der Waals surface area contributed by atoms with Crippen LogP contribution in [-0.2, 0) is 0 Å². The van der Waals surface area contributed by atoms with Gasteiger partial charge in [-0.2, -0.15) is 0 Å². The number of rotatable bonds is 3. The van der Waals surface area contributed by atoms with E-state index in [9.17, 15) is 9.90 Å². The summed E-state index contributed by atoms with van der Waals surface area (Å²) < 4.78 is 0. The molecular weight excluding hydrogens is 252 g/mol. The molecule has 0 aliphatic rings. The summed E-state index contributed by atoms with van der Waals surface area (Å²) in [6.07, 6.45) is 3.30. The molecule has 4 nitrogen and oxygen atoms in total. The van der Waals surface area contributed by atoms with Crippen molar-refractivity contribution in [2.45, 2.75) is 19.9 Å². The van der Waals surface area contributed by atoms with Crippen molar-refractivity contribution in [3.05, 3.63) is 59.4 Å². The molecule has 0 spiro atoms. The van der Waals surface area contributed by atoms with Crippen molar-refractivity contribution in [1.29, 1.82) is 0 Å². The summed E-state index contributed by atoms with van der Waals surface area (Å²) in [5, 5.41) is 9.31. The standard InChI is InChI=1S/C16H18N2O2/c1-11-8-14(10-17-9-11)16(20)18(3)12(2)13-4-6-15(19)7-5-13/h4-10,12,19H,1-3H3. The van der Waals surface area contributed by atoms with Crippen molar-refractivity contribution in [2.24, 2.45) is 0 Å². The third-order valence-corrected chi connectivity index (χ3v) is 3.40. The number of phenolic OH excluding ortho intramolecular Hbond substituents is 1. The van der Waals surface area contributed by atoms with Gasteiger partial charge in [-0.3, -0.25) is 9.78 Å². The molecule has 1 atom stereocenters. The highest BCUT2D eigenvalue weighted by Crippen LogP contribution is 2.22. The Morgan fingerprint density at radius 2 is 1.90 bits per heavy atom. The van der Waals surface area contributed by atoms with E-state index in [0.717, 1.165) is 11.1 Å². The van der Waals surface area contributed by atoms with Crippen LogP contribution in [0.5, 0.6) is 5.75 Å². The Bertz CT molecular complexity index is 608. The molecule has 1 aromatic carbocycles. The molecule has 0 saturated heterocycles. The van der Waals surface area contributed by atoms with E-state index >= 15 is 0 Å². The Balaban J connectivity index is 2.20. The summed E-state index contributed by atoms with van der Waals surface area (Å²) in [7, 11) is 1.77. The SMILES string of the molecule is Cc1cncc(C(=O)N(C)C(C)c2ccc(O)cc2)c1. The quantitative estimate of drug-likeness (QED) is 0.933. The number of nitrogens with zero attached hydrogens (tertiary/aromatic N) is 2. The zero-order valence-corrected chi connectivity index (χ0v) is 11.9. The highest BCUT2D eigenvalue weighted by Gasteiger charge is 2.19. The Hall–Kier alpha value is -2.36. The van der Waals surface area contributed by atoms with Crippen molar-refractivity contribution < 1.29 is 9.90 Å². The minimum Gasteiger partial charge on any atom is -0.508 e. The molecule has 1 amide bonds. The Labute approximate surface area is 118 Å². The molecule has 0 fully saturated rings. The van der Waals surface area contributed by atoms with E-state index < -0.39 is 0 Å². The van der Waals surface area contributed by atoms with Crippen LogP contribution in [0.15, 0.2) is 42.7 Å². The van der Waals surface area contributed by atoms with Crippen LogP contribution in [0.1, 0.15) is 34.5 Å². The summed E-state index contributed by atoms with van der Waals surface area (Å²) in [5.74, 6) is 0.152. The van der Waals surface area contributed by atoms with Crippen LogP contribution in [0.25, 0.3) is 0 Å². The summed E-state index contributed by atoms with van der Waals surface area (Å²) >= 11 is 0. The second kappa shape index (κ2) is 5.74. The molecule has 2 rings (SSSR count). The highest BCUT2D eigenvalue weighted by molar-refractivity contribution is 5.94. The van der Waals surface area contributed by atoms with Gasteiger partial charge >= 0.3 is 0 Å². The van der Waals surface area contributed by atoms with Gasteiger partial charge in [-0.1, -0.05) is 12.1 Å². The lowest BCUT2D eigenvalue weighted by Gasteiger charge is -2.25. The van der Waals surface area contributed by atoms with Gasteiger partial charge in [-0.25, -0.2) is 0 Å². The van der Waals surface area contributed by atoms with E-state index in [1.165, 1.54) is 0 Å². The van der Waals surface area contributed by atoms with Crippen LogP contribution in [0.2, 0.25) is 0 Å². The molecule has 2 aromatic rings. The first-order valence-corrected chi connectivity index (χ1v) is 6.47. The molecule has 1 heterocycles. The maximum atomic E-state index is 12.4. The average Bonchev–Trinajstić information content (AvgIpc) is 2.46. The smallest absolute Gasteiger partial charge is 0.255 e. The first-order chi connectivity index (χ1) is 9.49. The van der Waals surface area contributed by atoms with Crippen LogP contribution in [-0.4, -0.2) is 27.9 Å². The molecule has 104 valence electrons. The van der Waals surface area contributed by atoms with E-state index in [1.54, 1.807) is 36.5 Å². The van der Waals surface area contributed by atoms with Crippen molar-refractivity contribution in [2.75, 3.05) is 7.05 Å². The predicted molar refractivity (Wildman–Crippen MR) is 77.6 cm³/mol. The Kier molecular flexibility index (Phi) is 4.03. The second-order valence-corrected chi connectivity index (χ2v) is 4.93. The van der Waals surface area contributed by atoms with Gasteiger partial charge in [0.25, 0.3) is 5.91 Å². The number of phenols is 1. The zero-order chi connectivity index (χ0) is 14.7. The topological polar surface area (TPSA) is 53.4 Å². The molecule has 1 unspecified atom stereocenters. The van der Waals surface area contributed by atoms with Gasteiger partial charge in [0.2, 0.25) is 0 Å². The van der Waals surface area contributed by atoms with Gasteiger partial charge in [-0.15, -0.1) is 0 Å². The summed E-state index contributed by atoms with van der Waals surface area (Å²) in [6.45, 7) is 3.86. The van der Waals surface area contributed by atoms with Crippen molar-refractivity contribution in [1.82, 2.24) is 9.88 Å². The monoisotopic (exact) mass is 270 g/mol. The predicted octanol–water partition coefficient (Wildman–Crippen LogP) is 2.93. The number of pyridine rings is 1. The number of aromatic hydroxyl groups is 1. The van der Waals surface area contributed by atoms with E-state index in [-0.39, 0.29) is 17.7 Å².